The molecule has 20 heavy (non-hydrogen) atoms. The van der Waals surface area contributed by atoms with E-state index in [0.29, 0.717) is 12.8 Å². The number of hydrogen-bond donors (Lipinski definition) is 3. The molecule has 1 saturated carbocycles. The number of nitrogens with one attached hydrogen (secondary N) is 2. The molecule has 0 aromatic rings. The van der Waals surface area contributed by atoms with Crippen molar-refractivity contribution in [2.75, 3.05) is 13.7 Å². The summed E-state index contributed by atoms with van der Waals surface area (Å²) in [5, 5.41) is 8.98. The number of carboxylic acids is 1. The number of hydrogen-bond acceptors (Lipinski definition) is 5. The van der Waals surface area contributed by atoms with Crippen LogP contribution in [0.4, 0.5) is 4.79 Å². The molecule has 116 valence electrons. The molecule has 1 amide bonds. The maximum absolute atomic E-state index is 11.6. The van der Waals surface area contributed by atoms with Crippen LogP contribution in [0.25, 0.3) is 0 Å². The first-order chi connectivity index (χ1) is 9.29. The average molecular weight is 308 g/mol. The van der Waals surface area contributed by atoms with E-state index in [1.807, 2.05) is 0 Å². The molecule has 0 saturated heterocycles. The lowest BCUT2D eigenvalue weighted by molar-refractivity contribution is -0.140. The van der Waals surface area contributed by atoms with Gasteiger partial charge in [-0.3, -0.25) is 4.79 Å². The van der Waals surface area contributed by atoms with Crippen molar-refractivity contribution in [3.05, 3.63) is 0 Å². The van der Waals surface area contributed by atoms with Crippen LogP contribution in [0.2, 0.25) is 0 Å². The zero-order chi connectivity index (χ0) is 15.2. The van der Waals surface area contributed by atoms with Crippen LogP contribution in [-0.4, -0.2) is 39.2 Å². The number of methoxy groups -OCH3 is 1. The van der Waals surface area contributed by atoms with Crippen LogP contribution in [0.1, 0.15) is 38.5 Å². The topological polar surface area (TPSA) is 122 Å². The molecule has 0 aromatic heterocycles. The molecule has 1 fully saturated rings. The van der Waals surface area contributed by atoms with E-state index >= 15 is 0 Å². The van der Waals surface area contributed by atoms with Crippen LogP contribution < -0.4 is 9.44 Å². The minimum Gasteiger partial charge on any atom is -0.481 e. The molecule has 0 bridgehead atoms. The number of ether oxygens (including phenoxy) is 1. The maximum atomic E-state index is 11.6. The van der Waals surface area contributed by atoms with Gasteiger partial charge in [0.2, 0.25) is 0 Å². The third-order valence-electron chi connectivity index (χ3n) is 3.48. The monoisotopic (exact) mass is 308 g/mol. The standard InChI is InChI=1S/C11H20N2O6S/c1-19-10(16)13-20(17,18)12-8-11(7-9(14)15)5-3-2-4-6-11/h12H,2-8H2,1H3,(H,13,16)(H,14,15). The highest BCUT2D eigenvalue weighted by molar-refractivity contribution is 7.88. The molecule has 9 heteroatoms. The van der Waals surface area contributed by atoms with Crippen LogP contribution in [-0.2, 0) is 19.7 Å². The fraction of sp³-hybridized carbons (Fsp3) is 0.818. The van der Waals surface area contributed by atoms with E-state index in [1.54, 1.807) is 4.72 Å². The summed E-state index contributed by atoms with van der Waals surface area (Å²) >= 11 is 0. The van der Waals surface area contributed by atoms with Gasteiger partial charge in [-0.05, 0) is 18.3 Å². The summed E-state index contributed by atoms with van der Waals surface area (Å²) in [5.74, 6) is -0.952. The van der Waals surface area contributed by atoms with Crippen LogP contribution in [0, 0.1) is 5.41 Å². The van der Waals surface area contributed by atoms with Gasteiger partial charge in [0, 0.05) is 6.54 Å². The molecule has 0 atom stereocenters. The van der Waals surface area contributed by atoms with Crippen molar-refractivity contribution in [2.24, 2.45) is 5.41 Å². The van der Waals surface area contributed by atoms with E-state index in [-0.39, 0.29) is 13.0 Å². The molecule has 0 spiro atoms. The third-order valence-corrected chi connectivity index (χ3v) is 4.44. The van der Waals surface area contributed by atoms with Gasteiger partial charge in [-0.1, -0.05) is 19.3 Å². The van der Waals surface area contributed by atoms with Crippen LogP contribution in [0.3, 0.4) is 0 Å². The number of rotatable bonds is 6. The first-order valence-corrected chi connectivity index (χ1v) is 7.84. The Balaban J connectivity index is 2.66. The van der Waals surface area contributed by atoms with Crippen LogP contribution in [0.5, 0.6) is 0 Å². The molecule has 0 aromatic carbocycles. The molecule has 1 aliphatic carbocycles. The number of carbonyl (C=O) groups is 2. The number of aliphatic carboxylic acids is 1. The highest BCUT2D eigenvalue weighted by Crippen LogP contribution is 2.38. The Morgan fingerprint density at radius 2 is 1.85 bits per heavy atom. The molecule has 1 aliphatic rings. The van der Waals surface area contributed by atoms with Crippen molar-refractivity contribution in [2.45, 2.75) is 38.5 Å². The molecule has 0 unspecified atom stereocenters. The Labute approximate surface area is 118 Å². The lowest BCUT2D eigenvalue weighted by Gasteiger charge is -2.36. The Hall–Kier alpha value is -1.35. The second kappa shape index (κ2) is 6.89. The minimum absolute atomic E-state index is 0.00831. The van der Waals surface area contributed by atoms with Crippen molar-refractivity contribution >= 4 is 22.3 Å². The van der Waals surface area contributed by atoms with E-state index < -0.39 is 27.7 Å². The smallest absolute Gasteiger partial charge is 0.421 e. The van der Waals surface area contributed by atoms with Gasteiger partial charge in [0.1, 0.15) is 0 Å². The van der Waals surface area contributed by atoms with E-state index in [9.17, 15) is 18.0 Å². The first-order valence-electron chi connectivity index (χ1n) is 6.36. The van der Waals surface area contributed by atoms with Gasteiger partial charge < -0.3 is 9.84 Å². The highest BCUT2D eigenvalue weighted by Gasteiger charge is 2.35. The van der Waals surface area contributed by atoms with E-state index in [4.69, 9.17) is 5.11 Å². The van der Waals surface area contributed by atoms with E-state index in [0.717, 1.165) is 26.4 Å². The second-order valence-electron chi connectivity index (χ2n) is 5.05. The van der Waals surface area contributed by atoms with Crippen LogP contribution in [0.15, 0.2) is 0 Å². The largest absolute Gasteiger partial charge is 0.481 e. The summed E-state index contributed by atoms with van der Waals surface area (Å²) in [6.07, 6.45) is 2.90. The minimum atomic E-state index is -4.03. The zero-order valence-electron chi connectivity index (χ0n) is 11.3. The third kappa shape index (κ3) is 5.33. The van der Waals surface area contributed by atoms with Gasteiger partial charge in [-0.15, -0.1) is 0 Å². The Bertz CT molecular complexity index is 456. The summed E-state index contributed by atoms with van der Waals surface area (Å²) in [7, 11) is -2.98. The van der Waals surface area contributed by atoms with Crippen molar-refractivity contribution < 1.29 is 27.9 Å². The molecule has 0 radical (unpaired) electrons. The van der Waals surface area contributed by atoms with Crippen molar-refractivity contribution in [1.82, 2.24) is 9.44 Å². The average Bonchev–Trinajstić information content (AvgIpc) is 2.36. The Kier molecular flexibility index (Phi) is 5.75. The summed E-state index contributed by atoms with van der Waals surface area (Å²) in [6, 6.07) is 0. The predicted octanol–water partition coefficient (Wildman–Crippen LogP) is 0.602. The summed E-state index contributed by atoms with van der Waals surface area (Å²) in [5.41, 5.74) is -0.588. The molecule has 3 N–H and O–H groups in total. The van der Waals surface area contributed by atoms with E-state index in [2.05, 4.69) is 9.46 Å². The SMILES string of the molecule is COC(=O)NS(=O)(=O)NCC1(CC(=O)O)CCCCC1. The van der Waals surface area contributed by atoms with Gasteiger partial charge in [-0.2, -0.15) is 13.1 Å². The van der Waals surface area contributed by atoms with Crippen molar-refractivity contribution in [1.29, 1.82) is 0 Å². The second-order valence-corrected chi connectivity index (χ2v) is 6.55. The molecule has 0 heterocycles. The Morgan fingerprint density at radius 3 is 2.35 bits per heavy atom. The lowest BCUT2D eigenvalue weighted by atomic mass is 9.72. The van der Waals surface area contributed by atoms with Crippen molar-refractivity contribution in [3.8, 4) is 0 Å². The number of amides is 1. The first kappa shape index (κ1) is 16.7. The fourth-order valence-electron chi connectivity index (χ4n) is 2.47. The summed E-state index contributed by atoms with van der Waals surface area (Å²) < 4.78 is 31.3. The molecular formula is C11H20N2O6S. The number of carboxylic acid groups (broad SMARTS) is 1. The normalized spacial score (nSPS) is 18.2. The lowest BCUT2D eigenvalue weighted by Crippen LogP contribution is -2.46. The van der Waals surface area contributed by atoms with Gasteiger partial charge in [-0.25, -0.2) is 9.52 Å². The Morgan fingerprint density at radius 1 is 1.25 bits per heavy atom. The predicted molar refractivity (Wildman–Crippen MR) is 70.2 cm³/mol. The van der Waals surface area contributed by atoms with E-state index in [1.165, 1.54) is 0 Å². The quantitative estimate of drug-likeness (QED) is 0.660. The summed E-state index contributed by atoms with van der Waals surface area (Å²) in [6.45, 7) is -0.00831. The van der Waals surface area contributed by atoms with Gasteiger partial charge in [0.05, 0.1) is 13.5 Å². The molecule has 8 nitrogen and oxygen atoms in total. The fourth-order valence-corrected chi connectivity index (χ4v) is 3.35. The zero-order valence-corrected chi connectivity index (χ0v) is 12.2. The van der Waals surface area contributed by atoms with Crippen molar-refractivity contribution in [3.63, 3.8) is 0 Å². The molecule has 0 aliphatic heterocycles. The van der Waals surface area contributed by atoms with Crippen LogP contribution >= 0.6 is 0 Å². The van der Waals surface area contributed by atoms with Gasteiger partial charge in [0.25, 0.3) is 0 Å². The number of carbonyl (C=O) groups excluding carboxylic acids is 1. The summed E-state index contributed by atoms with van der Waals surface area (Å²) in [4.78, 5) is 21.8. The van der Waals surface area contributed by atoms with Gasteiger partial charge >= 0.3 is 22.3 Å². The molecular weight excluding hydrogens is 288 g/mol. The van der Waals surface area contributed by atoms with Gasteiger partial charge in [0.15, 0.2) is 0 Å². The molecule has 1 rings (SSSR count). The highest BCUT2D eigenvalue weighted by atomic mass is 32.2. The maximum Gasteiger partial charge on any atom is 0.421 e.